The lowest BCUT2D eigenvalue weighted by molar-refractivity contribution is 0.0931. The number of anilines is 1. The summed E-state index contributed by atoms with van der Waals surface area (Å²) >= 11 is 0. The van der Waals surface area contributed by atoms with E-state index in [9.17, 15) is 4.79 Å². The molecule has 1 aliphatic heterocycles. The fraction of sp³-hybridized carbons (Fsp3) is 0.471. The van der Waals surface area contributed by atoms with E-state index >= 15 is 0 Å². The average molecular weight is 314 g/mol. The predicted molar refractivity (Wildman–Crippen MR) is 87.6 cm³/mol. The lowest BCUT2D eigenvalue weighted by atomic mass is 10.0. The SMILES string of the molecule is CCc1noc(C)c1C(=O)N[C@H]1CCCN(c2ccccn2)C1. The lowest BCUT2D eigenvalue weighted by Gasteiger charge is -2.33. The summed E-state index contributed by atoms with van der Waals surface area (Å²) in [6.07, 6.45) is 4.49. The molecule has 1 amide bonds. The normalized spacial score (nSPS) is 18.0. The van der Waals surface area contributed by atoms with Gasteiger partial charge in [0.15, 0.2) is 0 Å². The number of nitrogens with one attached hydrogen (secondary N) is 1. The highest BCUT2D eigenvalue weighted by Gasteiger charge is 2.25. The van der Waals surface area contributed by atoms with Crippen molar-refractivity contribution in [2.24, 2.45) is 0 Å². The van der Waals surface area contributed by atoms with Crippen molar-refractivity contribution in [3.05, 3.63) is 41.4 Å². The molecule has 122 valence electrons. The monoisotopic (exact) mass is 314 g/mol. The van der Waals surface area contributed by atoms with Gasteiger partial charge in [-0.25, -0.2) is 4.98 Å². The van der Waals surface area contributed by atoms with E-state index in [1.54, 1.807) is 13.1 Å². The number of piperidine rings is 1. The molecule has 0 spiro atoms. The summed E-state index contributed by atoms with van der Waals surface area (Å²) in [6, 6.07) is 6.01. The minimum Gasteiger partial charge on any atom is -0.361 e. The molecule has 23 heavy (non-hydrogen) atoms. The van der Waals surface area contributed by atoms with Gasteiger partial charge in [-0.1, -0.05) is 18.1 Å². The van der Waals surface area contributed by atoms with Crippen molar-refractivity contribution >= 4 is 11.7 Å². The second-order valence-corrected chi connectivity index (χ2v) is 5.86. The fourth-order valence-electron chi connectivity index (χ4n) is 3.05. The summed E-state index contributed by atoms with van der Waals surface area (Å²) in [5.74, 6) is 1.45. The molecule has 6 nitrogen and oxygen atoms in total. The van der Waals surface area contributed by atoms with Gasteiger partial charge in [0.1, 0.15) is 17.1 Å². The molecule has 0 radical (unpaired) electrons. The minimum absolute atomic E-state index is 0.0894. The van der Waals surface area contributed by atoms with Gasteiger partial charge in [-0.2, -0.15) is 0 Å². The van der Waals surface area contributed by atoms with Gasteiger partial charge < -0.3 is 14.7 Å². The lowest BCUT2D eigenvalue weighted by Crippen LogP contribution is -2.48. The molecule has 3 heterocycles. The molecule has 0 saturated carbocycles. The first-order valence-electron chi connectivity index (χ1n) is 8.11. The number of hydrogen-bond donors (Lipinski definition) is 1. The number of pyridine rings is 1. The van der Waals surface area contributed by atoms with Crippen LogP contribution in [0.3, 0.4) is 0 Å². The Morgan fingerprint density at radius 1 is 1.48 bits per heavy atom. The summed E-state index contributed by atoms with van der Waals surface area (Å²) in [5, 5.41) is 7.08. The van der Waals surface area contributed by atoms with Gasteiger partial charge in [-0.05, 0) is 38.3 Å². The van der Waals surface area contributed by atoms with Crippen LogP contribution in [0.15, 0.2) is 28.9 Å². The van der Waals surface area contributed by atoms with Gasteiger partial charge in [0.2, 0.25) is 0 Å². The summed E-state index contributed by atoms with van der Waals surface area (Å²) < 4.78 is 5.16. The second kappa shape index (κ2) is 6.81. The van der Waals surface area contributed by atoms with Gasteiger partial charge in [0.05, 0.1) is 5.69 Å². The highest BCUT2D eigenvalue weighted by atomic mass is 16.5. The van der Waals surface area contributed by atoms with Crippen LogP contribution in [0, 0.1) is 6.92 Å². The largest absolute Gasteiger partial charge is 0.361 e. The van der Waals surface area contributed by atoms with Crippen molar-refractivity contribution in [1.82, 2.24) is 15.5 Å². The van der Waals surface area contributed by atoms with Gasteiger partial charge in [0, 0.05) is 25.3 Å². The fourth-order valence-corrected chi connectivity index (χ4v) is 3.05. The minimum atomic E-state index is -0.0894. The Morgan fingerprint density at radius 3 is 3.09 bits per heavy atom. The first kappa shape index (κ1) is 15.5. The maximum atomic E-state index is 12.6. The molecular weight excluding hydrogens is 292 g/mol. The third kappa shape index (κ3) is 3.36. The average Bonchev–Trinajstić information content (AvgIpc) is 2.97. The van der Waals surface area contributed by atoms with E-state index in [4.69, 9.17) is 4.52 Å². The third-order valence-electron chi connectivity index (χ3n) is 4.23. The molecule has 2 aromatic rings. The molecule has 0 bridgehead atoms. The van der Waals surface area contributed by atoms with E-state index in [2.05, 4.69) is 20.4 Å². The van der Waals surface area contributed by atoms with E-state index in [0.29, 0.717) is 17.7 Å². The van der Waals surface area contributed by atoms with E-state index in [0.717, 1.165) is 37.4 Å². The predicted octanol–water partition coefficient (Wildman–Crippen LogP) is 2.34. The summed E-state index contributed by atoms with van der Waals surface area (Å²) in [7, 11) is 0. The van der Waals surface area contributed by atoms with Crippen LogP contribution in [0.25, 0.3) is 0 Å². The molecular formula is C17H22N4O2. The maximum absolute atomic E-state index is 12.6. The first-order chi connectivity index (χ1) is 11.2. The van der Waals surface area contributed by atoms with Gasteiger partial charge in [-0.15, -0.1) is 0 Å². The second-order valence-electron chi connectivity index (χ2n) is 5.86. The molecule has 3 rings (SSSR count). The third-order valence-corrected chi connectivity index (χ3v) is 4.23. The molecule has 1 fully saturated rings. The van der Waals surface area contributed by atoms with Crippen molar-refractivity contribution in [3.8, 4) is 0 Å². The summed E-state index contributed by atoms with van der Waals surface area (Å²) in [5.41, 5.74) is 1.31. The molecule has 0 unspecified atom stereocenters. The molecule has 0 aliphatic carbocycles. The van der Waals surface area contributed by atoms with Gasteiger partial charge >= 0.3 is 0 Å². The number of carbonyl (C=O) groups is 1. The van der Waals surface area contributed by atoms with Crippen LogP contribution in [-0.4, -0.2) is 35.2 Å². The van der Waals surface area contributed by atoms with Crippen LogP contribution in [-0.2, 0) is 6.42 Å². The van der Waals surface area contributed by atoms with Crippen LogP contribution < -0.4 is 10.2 Å². The molecule has 2 aromatic heterocycles. The van der Waals surface area contributed by atoms with Crippen LogP contribution in [0.4, 0.5) is 5.82 Å². The maximum Gasteiger partial charge on any atom is 0.257 e. The summed E-state index contributed by atoms with van der Waals surface area (Å²) in [4.78, 5) is 19.2. The molecule has 1 aliphatic rings. The Balaban J connectivity index is 1.68. The van der Waals surface area contributed by atoms with Crippen molar-refractivity contribution in [2.45, 2.75) is 39.2 Å². The van der Waals surface area contributed by atoms with Crippen molar-refractivity contribution in [3.63, 3.8) is 0 Å². The quantitative estimate of drug-likeness (QED) is 0.938. The molecule has 0 aromatic carbocycles. The molecule has 6 heteroatoms. The highest BCUT2D eigenvalue weighted by Crippen LogP contribution is 2.19. The summed E-state index contributed by atoms with van der Waals surface area (Å²) in [6.45, 7) is 5.49. The van der Waals surface area contributed by atoms with Crippen molar-refractivity contribution in [2.75, 3.05) is 18.0 Å². The van der Waals surface area contributed by atoms with Crippen molar-refractivity contribution in [1.29, 1.82) is 0 Å². The Labute approximate surface area is 135 Å². The molecule has 1 saturated heterocycles. The number of hydrogen-bond acceptors (Lipinski definition) is 5. The molecule has 1 atom stereocenters. The van der Waals surface area contributed by atoms with Crippen LogP contribution >= 0.6 is 0 Å². The van der Waals surface area contributed by atoms with E-state index < -0.39 is 0 Å². The smallest absolute Gasteiger partial charge is 0.257 e. The Hall–Kier alpha value is -2.37. The number of aryl methyl sites for hydroxylation is 2. The zero-order valence-electron chi connectivity index (χ0n) is 13.6. The Bertz CT molecular complexity index is 668. The molecule has 1 N–H and O–H groups in total. The number of carbonyl (C=O) groups excluding carboxylic acids is 1. The number of rotatable bonds is 4. The Kier molecular flexibility index (Phi) is 4.60. The van der Waals surface area contributed by atoms with Gasteiger partial charge in [0.25, 0.3) is 5.91 Å². The number of nitrogens with zero attached hydrogens (tertiary/aromatic N) is 3. The van der Waals surface area contributed by atoms with Crippen molar-refractivity contribution < 1.29 is 9.32 Å². The van der Waals surface area contributed by atoms with E-state index in [1.807, 2.05) is 25.1 Å². The topological polar surface area (TPSA) is 71.3 Å². The standard InChI is InChI=1S/C17H22N4O2/c1-3-14-16(12(2)23-20-14)17(22)19-13-7-6-10-21(11-13)15-8-4-5-9-18-15/h4-5,8-9,13H,3,6-7,10-11H2,1-2H3,(H,19,22)/t13-/m0/s1. The van der Waals surface area contributed by atoms with Crippen LogP contribution in [0.5, 0.6) is 0 Å². The van der Waals surface area contributed by atoms with Gasteiger partial charge in [-0.3, -0.25) is 4.79 Å². The zero-order valence-corrected chi connectivity index (χ0v) is 13.6. The number of aromatic nitrogens is 2. The van der Waals surface area contributed by atoms with E-state index in [1.165, 1.54) is 0 Å². The van der Waals surface area contributed by atoms with E-state index in [-0.39, 0.29) is 11.9 Å². The highest BCUT2D eigenvalue weighted by molar-refractivity contribution is 5.96. The number of amides is 1. The van der Waals surface area contributed by atoms with Crippen LogP contribution in [0.1, 0.15) is 41.6 Å². The Morgan fingerprint density at radius 2 is 2.35 bits per heavy atom. The van der Waals surface area contributed by atoms with Crippen LogP contribution in [0.2, 0.25) is 0 Å². The first-order valence-corrected chi connectivity index (χ1v) is 8.11. The zero-order chi connectivity index (χ0) is 16.2.